The summed E-state index contributed by atoms with van der Waals surface area (Å²) in [7, 11) is -3.12. The predicted molar refractivity (Wildman–Crippen MR) is 68.8 cm³/mol. The molecule has 1 saturated heterocycles. The van der Waals surface area contributed by atoms with Gasteiger partial charge in [-0.15, -0.1) is 0 Å². The number of nitrogens with one attached hydrogen (secondary N) is 1. The molecule has 0 aromatic rings. The van der Waals surface area contributed by atoms with E-state index in [1.807, 2.05) is 0 Å². The molecule has 0 saturated carbocycles. The molecule has 0 aromatic heterocycles. The fraction of sp³-hybridized carbons (Fsp3) is 0.909. The van der Waals surface area contributed by atoms with E-state index in [2.05, 4.69) is 5.32 Å². The Balaban J connectivity index is 2.31. The van der Waals surface area contributed by atoms with Crippen molar-refractivity contribution in [2.45, 2.75) is 39.2 Å². The third kappa shape index (κ3) is 5.22. The Bertz CT molecular complexity index is 386. The first-order valence-electron chi connectivity index (χ1n) is 6.15. The standard InChI is InChI=1S/C11H22N2O4S/c1-11(2,3)17-10(14)12-6-8-13-7-4-5-9-18(13,15)16/h4-9H2,1-3H3,(H,12,14). The summed E-state index contributed by atoms with van der Waals surface area (Å²) in [6.45, 7) is 6.46. The molecule has 0 atom stereocenters. The van der Waals surface area contributed by atoms with Gasteiger partial charge in [0.2, 0.25) is 10.0 Å². The second-order valence-electron chi connectivity index (χ2n) is 5.35. The molecule has 1 rings (SSSR count). The Morgan fingerprint density at radius 1 is 1.33 bits per heavy atom. The summed E-state index contributed by atoms with van der Waals surface area (Å²) in [5.41, 5.74) is -0.540. The van der Waals surface area contributed by atoms with Crippen molar-refractivity contribution in [2.24, 2.45) is 0 Å². The monoisotopic (exact) mass is 278 g/mol. The van der Waals surface area contributed by atoms with Crippen molar-refractivity contribution in [3.63, 3.8) is 0 Å². The van der Waals surface area contributed by atoms with Crippen molar-refractivity contribution < 1.29 is 17.9 Å². The highest BCUT2D eigenvalue weighted by Crippen LogP contribution is 2.12. The Morgan fingerprint density at radius 2 is 2.00 bits per heavy atom. The second-order valence-corrected chi connectivity index (χ2v) is 7.44. The minimum atomic E-state index is -3.12. The molecular weight excluding hydrogens is 256 g/mol. The molecule has 18 heavy (non-hydrogen) atoms. The van der Waals surface area contributed by atoms with Crippen LogP contribution in [0.4, 0.5) is 4.79 Å². The number of amides is 1. The van der Waals surface area contributed by atoms with Crippen LogP contribution < -0.4 is 5.32 Å². The maximum Gasteiger partial charge on any atom is 0.407 e. The van der Waals surface area contributed by atoms with Gasteiger partial charge in [0.25, 0.3) is 0 Å². The first kappa shape index (κ1) is 15.2. The van der Waals surface area contributed by atoms with E-state index in [1.54, 1.807) is 20.8 Å². The van der Waals surface area contributed by atoms with Crippen LogP contribution in [0.1, 0.15) is 33.6 Å². The number of carbonyl (C=O) groups excluding carboxylic acids is 1. The molecule has 1 heterocycles. The van der Waals surface area contributed by atoms with E-state index in [-0.39, 0.29) is 12.3 Å². The molecular formula is C11H22N2O4S. The molecule has 6 nitrogen and oxygen atoms in total. The van der Waals surface area contributed by atoms with Crippen LogP contribution in [0.5, 0.6) is 0 Å². The van der Waals surface area contributed by atoms with Gasteiger partial charge in [-0.1, -0.05) is 0 Å². The molecule has 1 fully saturated rings. The molecule has 0 unspecified atom stereocenters. The van der Waals surface area contributed by atoms with Gasteiger partial charge in [0.05, 0.1) is 5.75 Å². The fourth-order valence-electron chi connectivity index (χ4n) is 1.69. The SMILES string of the molecule is CC(C)(C)OC(=O)NCCN1CCCCS1(=O)=O. The van der Waals surface area contributed by atoms with Crippen LogP contribution in [-0.4, -0.2) is 49.8 Å². The van der Waals surface area contributed by atoms with Crippen LogP contribution in [0.3, 0.4) is 0 Å². The quantitative estimate of drug-likeness (QED) is 0.833. The maximum absolute atomic E-state index is 11.7. The van der Waals surface area contributed by atoms with Crippen molar-refractivity contribution in [2.75, 3.05) is 25.4 Å². The zero-order chi connectivity index (χ0) is 13.8. The first-order chi connectivity index (χ1) is 8.21. The van der Waals surface area contributed by atoms with Crippen LogP contribution in [0.2, 0.25) is 0 Å². The Hall–Kier alpha value is -0.820. The van der Waals surface area contributed by atoms with Gasteiger partial charge in [-0.2, -0.15) is 0 Å². The van der Waals surface area contributed by atoms with Gasteiger partial charge < -0.3 is 10.1 Å². The van der Waals surface area contributed by atoms with E-state index in [0.29, 0.717) is 13.1 Å². The number of ether oxygens (including phenoxy) is 1. The van der Waals surface area contributed by atoms with Crippen LogP contribution >= 0.6 is 0 Å². The zero-order valence-electron chi connectivity index (χ0n) is 11.2. The predicted octanol–water partition coefficient (Wildman–Crippen LogP) is 0.937. The summed E-state index contributed by atoms with van der Waals surface area (Å²) in [6.07, 6.45) is 1.08. The number of rotatable bonds is 3. The summed E-state index contributed by atoms with van der Waals surface area (Å²) in [6, 6.07) is 0. The number of nitrogens with zero attached hydrogens (tertiary/aromatic N) is 1. The summed E-state index contributed by atoms with van der Waals surface area (Å²) in [5, 5.41) is 2.56. The van der Waals surface area contributed by atoms with Crippen LogP contribution in [0, 0.1) is 0 Å². The summed E-state index contributed by atoms with van der Waals surface area (Å²) >= 11 is 0. The molecule has 1 N–H and O–H groups in total. The lowest BCUT2D eigenvalue weighted by Gasteiger charge is -2.26. The number of sulfonamides is 1. The molecule has 0 spiro atoms. The van der Waals surface area contributed by atoms with E-state index >= 15 is 0 Å². The van der Waals surface area contributed by atoms with E-state index < -0.39 is 21.7 Å². The van der Waals surface area contributed by atoms with Crippen molar-refractivity contribution in [3.8, 4) is 0 Å². The lowest BCUT2D eigenvalue weighted by atomic mass is 10.2. The van der Waals surface area contributed by atoms with Gasteiger partial charge in [0.1, 0.15) is 5.60 Å². The third-order valence-electron chi connectivity index (χ3n) is 2.48. The first-order valence-corrected chi connectivity index (χ1v) is 7.76. The average Bonchev–Trinajstić information content (AvgIpc) is 2.17. The van der Waals surface area contributed by atoms with Crippen molar-refractivity contribution in [1.82, 2.24) is 9.62 Å². The number of hydrogen-bond donors (Lipinski definition) is 1. The van der Waals surface area contributed by atoms with Crippen LogP contribution in [-0.2, 0) is 14.8 Å². The highest BCUT2D eigenvalue weighted by molar-refractivity contribution is 7.89. The third-order valence-corrected chi connectivity index (χ3v) is 4.44. The normalized spacial score (nSPS) is 20.4. The van der Waals surface area contributed by atoms with Gasteiger partial charge in [0, 0.05) is 19.6 Å². The highest BCUT2D eigenvalue weighted by atomic mass is 32.2. The van der Waals surface area contributed by atoms with Gasteiger partial charge in [0.15, 0.2) is 0 Å². The smallest absolute Gasteiger partial charge is 0.407 e. The second kappa shape index (κ2) is 5.88. The fourth-order valence-corrected chi connectivity index (χ4v) is 3.29. The summed E-state index contributed by atoms with van der Waals surface area (Å²) < 4.78 is 29.8. The molecule has 0 aromatic carbocycles. The Morgan fingerprint density at radius 3 is 2.56 bits per heavy atom. The lowest BCUT2D eigenvalue weighted by Crippen LogP contribution is -2.43. The highest BCUT2D eigenvalue weighted by Gasteiger charge is 2.25. The van der Waals surface area contributed by atoms with Crippen LogP contribution in [0.15, 0.2) is 0 Å². The molecule has 7 heteroatoms. The van der Waals surface area contributed by atoms with E-state index in [9.17, 15) is 13.2 Å². The van der Waals surface area contributed by atoms with E-state index in [1.165, 1.54) is 4.31 Å². The van der Waals surface area contributed by atoms with Gasteiger partial charge in [-0.05, 0) is 33.6 Å². The van der Waals surface area contributed by atoms with Crippen LogP contribution in [0.25, 0.3) is 0 Å². The van der Waals surface area contributed by atoms with Gasteiger partial charge in [-0.3, -0.25) is 0 Å². The minimum Gasteiger partial charge on any atom is -0.444 e. The minimum absolute atomic E-state index is 0.208. The molecule has 1 aliphatic rings. The molecule has 0 bridgehead atoms. The van der Waals surface area contributed by atoms with Gasteiger partial charge >= 0.3 is 6.09 Å². The van der Waals surface area contributed by atoms with E-state index in [4.69, 9.17) is 4.74 Å². The zero-order valence-corrected chi connectivity index (χ0v) is 12.0. The summed E-state index contributed by atoms with van der Waals surface area (Å²) in [5.74, 6) is 0.208. The Kier molecular flexibility index (Phi) is 4.98. The lowest BCUT2D eigenvalue weighted by molar-refractivity contribution is 0.0525. The van der Waals surface area contributed by atoms with Crippen molar-refractivity contribution in [3.05, 3.63) is 0 Å². The molecule has 0 aliphatic carbocycles. The van der Waals surface area contributed by atoms with Crippen molar-refractivity contribution in [1.29, 1.82) is 0 Å². The Labute approximate surface area is 109 Å². The molecule has 1 aliphatic heterocycles. The molecule has 1 amide bonds. The van der Waals surface area contributed by atoms with Gasteiger partial charge in [-0.25, -0.2) is 17.5 Å². The molecule has 106 valence electrons. The van der Waals surface area contributed by atoms with E-state index in [0.717, 1.165) is 12.8 Å². The summed E-state index contributed by atoms with van der Waals surface area (Å²) in [4.78, 5) is 11.4. The molecule has 0 radical (unpaired) electrons. The topological polar surface area (TPSA) is 75.7 Å². The number of carbonyl (C=O) groups is 1. The number of alkyl carbamates (subject to hydrolysis) is 1. The average molecular weight is 278 g/mol. The maximum atomic E-state index is 11.7. The van der Waals surface area contributed by atoms with Crippen molar-refractivity contribution >= 4 is 16.1 Å². The largest absolute Gasteiger partial charge is 0.444 e. The number of hydrogen-bond acceptors (Lipinski definition) is 4.